The molecule has 2 amide bonds. The molecule has 0 saturated heterocycles. The van der Waals surface area contributed by atoms with Gasteiger partial charge >= 0.3 is 0 Å². The van der Waals surface area contributed by atoms with Crippen molar-refractivity contribution < 1.29 is 14.3 Å². The second kappa shape index (κ2) is 6.74. The van der Waals surface area contributed by atoms with E-state index in [9.17, 15) is 9.59 Å². The molecule has 1 heterocycles. The van der Waals surface area contributed by atoms with Gasteiger partial charge in [0.25, 0.3) is 5.91 Å². The number of para-hydroxylation sites is 2. The summed E-state index contributed by atoms with van der Waals surface area (Å²) in [5, 5.41) is 2.87. The Morgan fingerprint density at radius 3 is 2.75 bits per heavy atom. The van der Waals surface area contributed by atoms with Gasteiger partial charge in [-0.2, -0.15) is 0 Å². The van der Waals surface area contributed by atoms with Crippen molar-refractivity contribution in [2.45, 2.75) is 26.4 Å². The highest BCUT2D eigenvalue weighted by Gasteiger charge is 2.32. The van der Waals surface area contributed by atoms with E-state index in [1.165, 1.54) is 6.92 Å². The highest BCUT2D eigenvalue weighted by atomic mass is 16.5. The molecule has 1 aliphatic heterocycles. The Bertz CT molecular complexity index is 773. The van der Waals surface area contributed by atoms with Crippen LogP contribution < -0.4 is 15.0 Å². The minimum absolute atomic E-state index is 0.114. The van der Waals surface area contributed by atoms with Crippen LogP contribution in [0, 0.1) is 0 Å². The molecule has 0 fully saturated rings. The molecule has 0 spiro atoms. The summed E-state index contributed by atoms with van der Waals surface area (Å²) in [4.78, 5) is 26.1. The van der Waals surface area contributed by atoms with Gasteiger partial charge in [-0.25, -0.2) is 0 Å². The normalized spacial score (nSPS) is 16.1. The highest BCUT2D eigenvalue weighted by molar-refractivity contribution is 5.99. The molecule has 0 unspecified atom stereocenters. The number of ether oxygens (including phenoxy) is 1. The average molecular weight is 324 g/mol. The lowest BCUT2D eigenvalue weighted by Crippen LogP contribution is -2.48. The zero-order valence-corrected chi connectivity index (χ0v) is 13.8. The van der Waals surface area contributed by atoms with Gasteiger partial charge in [-0.05, 0) is 36.2 Å². The van der Waals surface area contributed by atoms with Gasteiger partial charge < -0.3 is 15.0 Å². The van der Waals surface area contributed by atoms with Gasteiger partial charge in [0.15, 0.2) is 6.10 Å². The molecule has 0 bridgehead atoms. The fraction of sp³-hybridized carbons (Fsp3) is 0.263. The van der Waals surface area contributed by atoms with E-state index in [0.29, 0.717) is 11.4 Å². The summed E-state index contributed by atoms with van der Waals surface area (Å²) in [7, 11) is 0. The Labute approximate surface area is 141 Å². The minimum Gasteiger partial charge on any atom is -0.476 e. The third-order valence-corrected chi connectivity index (χ3v) is 4.05. The van der Waals surface area contributed by atoms with Gasteiger partial charge in [0.1, 0.15) is 5.75 Å². The van der Waals surface area contributed by atoms with Gasteiger partial charge in [-0.3, -0.25) is 9.59 Å². The second-order valence-electron chi connectivity index (χ2n) is 5.75. The Morgan fingerprint density at radius 1 is 1.21 bits per heavy atom. The van der Waals surface area contributed by atoms with Crippen molar-refractivity contribution in [3.63, 3.8) is 0 Å². The number of hydrogen-bond donors (Lipinski definition) is 1. The van der Waals surface area contributed by atoms with Crippen molar-refractivity contribution >= 4 is 23.2 Å². The van der Waals surface area contributed by atoms with Crippen molar-refractivity contribution in [1.82, 2.24) is 0 Å². The molecule has 5 heteroatoms. The van der Waals surface area contributed by atoms with E-state index < -0.39 is 6.10 Å². The molecule has 3 rings (SSSR count). The van der Waals surface area contributed by atoms with Crippen LogP contribution in [0.4, 0.5) is 11.4 Å². The van der Waals surface area contributed by atoms with Crippen LogP contribution in [-0.2, 0) is 16.0 Å². The largest absolute Gasteiger partial charge is 0.476 e. The Morgan fingerprint density at radius 2 is 2.00 bits per heavy atom. The summed E-state index contributed by atoms with van der Waals surface area (Å²) < 4.78 is 5.80. The third kappa shape index (κ3) is 3.25. The Hall–Kier alpha value is -2.82. The maximum Gasteiger partial charge on any atom is 0.267 e. The zero-order chi connectivity index (χ0) is 17.1. The summed E-state index contributed by atoms with van der Waals surface area (Å²) in [5.74, 6) is 0.168. The summed E-state index contributed by atoms with van der Waals surface area (Å²) in [6, 6.07) is 15.0. The van der Waals surface area contributed by atoms with Crippen LogP contribution in [0.2, 0.25) is 0 Å². The number of hydrogen-bond acceptors (Lipinski definition) is 3. The maximum absolute atomic E-state index is 12.6. The van der Waals surface area contributed by atoms with E-state index in [2.05, 4.69) is 12.2 Å². The van der Waals surface area contributed by atoms with Crippen LogP contribution in [0.1, 0.15) is 19.4 Å². The quantitative estimate of drug-likeness (QED) is 0.944. The van der Waals surface area contributed by atoms with Crippen LogP contribution in [0.15, 0.2) is 48.5 Å². The number of rotatable bonds is 3. The van der Waals surface area contributed by atoms with E-state index in [0.717, 1.165) is 17.7 Å². The van der Waals surface area contributed by atoms with Crippen molar-refractivity contribution in [2.24, 2.45) is 0 Å². The average Bonchev–Trinajstić information content (AvgIpc) is 2.60. The summed E-state index contributed by atoms with van der Waals surface area (Å²) in [6.07, 6.45) is 0.156. The first-order valence-electron chi connectivity index (χ1n) is 8.02. The van der Waals surface area contributed by atoms with Crippen molar-refractivity contribution in [3.8, 4) is 5.75 Å². The van der Waals surface area contributed by atoms with Gasteiger partial charge in [0.2, 0.25) is 5.91 Å². The molecule has 5 nitrogen and oxygen atoms in total. The maximum atomic E-state index is 12.6. The molecular formula is C19H20N2O3. The number of fused-ring (bicyclic) bond motifs is 1. The number of anilines is 2. The molecule has 2 aromatic rings. The smallest absolute Gasteiger partial charge is 0.267 e. The van der Waals surface area contributed by atoms with Crippen molar-refractivity contribution in [1.29, 1.82) is 0 Å². The van der Waals surface area contributed by atoms with Crippen LogP contribution in [0.25, 0.3) is 0 Å². The van der Waals surface area contributed by atoms with E-state index in [-0.39, 0.29) is 18.4 Å². The lowest BCUT2D eigenvalue weighted by atomic mass is 10.1. The highest BCUT2D eigenvalue weighted by Crippen LogP contribution is 2.33. The molecule has 0 saturated carbocycles. The standard InChI is InChI=1S/C19H20N2O3/c1-3-14-7-6-8-15(11-14)20-19(23)18-12-21(13(2)22)16-9-4-5-10-17(16)24-18/h4-11,18H,3,12H2,1-2H3,(H,20,23)/t18-/m0/s1. The molecule has 0 aliphatic carbocycles. The van der Waals surface area contributed by atoms with Gasteiger partial charge in [-0.1, -0.05) is 31.2 Å². The molecule has 0 radical (unpaired) electrons. The topological polar surface area (TPSA) is 58.6 Å². The van der Waals surface area contributed by atoms with E-state index in [1.807, 2.05) is 42.5 Å². The fourth-order valence-electron chi connectivity index (χ4n) is 2.76. The minimum atomic E-state index is -0.742. The SMILES string of the molecule is CCc1cccc(NC(=O)[C@@H]2CN(C(C)=O)c3ccccc3O2)c1. The number of aryl methyl sites for hydroxylation is 1. The number of carbonyl (C=O) groups is 2. The fourth-order valence-corrected chi connectivity index (χ4v) is 2.76. The Balaban J connectivity index is 1.79. The summed E-state index contributed by atoms with van der Waals surface area (Å²) in [6.45, 7) is 3.75. The lowest BCUT2D eigenvalue weighted by molar-refractivity contribution is -0.123. The number of amides is 2. The van der Waals surface area contributed by atoms with Gasteiger partial charge in [0.05, 0.1) is 12.2 Å². The second-order valence-corrected chi connectivity index (χ2v) is 5.75. The molecule has 24 heavy (non-hydrogen) atoms. The Kier molecular flexibility index (Phi) is 4.51. The van der Waals surface area contributed by atoms with Crippen molar-refractivity contribution in [3.05, 3.63) is 54.1 Å². The molecule has 1 aliphatic rings. The lowest BCUT2D eigenvalue weighted by Gasteiger charge is -2.33. The number of nitrogens with zero attached hydrogens (tertiary/aromatic N) is 1. The van der Waals surface area contributed by atoms with Gasteiger partial charge in [-0.15, -0.1) is 0 Å². The summed E-state index contributed by atoms with van der Waals surface area (Å²) >= 11 is 0. The molecule has 124 valence electrons. The van der Waals surface area contributed by atoms with E-state index >= 15 is 0 Å². The zero-order valence-electron chi connectivity index (χ0n) is 13.8. The van der Waals surface area contributed by atoms with Crippen LogP contribution in [-0.4, -0.2) is 24.5 Å². The number of nitrogens with one attached hydrogen (secondary N) is 1. The molecule has 0 aromatic heterocycles. The predicted molar refractivity (Wildman–Crippen MR) is 93.3 cm³/mol. The molecule has 1 atom stereocenters. The summed E-state index contributed by atoms with van der Waals surface area (Å²) in [5.41, 5.74) is 2.58. The van der Waals surface area contributed by atoms with Crippen LogP contribution in [0.5, 0.6) is 5.75 Å². The first-order valence-corrected chi connectivity index (χ1v) is 8.02. The first-order chi connectivity index (χ1) is 11.6. The predicted octanol–water partition coefficient (Wildman–Crippen LogP) is 3.00. The third-order valence-electron chi connectivity index (χ3n) is 4.05. The van der Waals surface area contributed by atoms with E-state index in [1.54, 1.807) is 11.0 Å². The van der Waals surface area contributed by atoms with Gasteiger partial charge in [0, 0.05) is 12.6 Å². The first kappa shape index (κ1) is 16.1. The molecule has 2 aromatic carbocycles. The van der Waals surface area contributed by atoms with Crippen LogP contribution >= 0.6 is 0 Å². The number of carbonyl (C=O) groups excluding carboxylic acids is 2. The molecule has 1 N–H and O–H groups in total. The number of benzene rings is 2. The molecular weight excluding hydrogens is 304 g/mol. The van der Waals surface area contributed by atoms with Crippen molar-refractivity contribution in [2.75, 3.05) is 16.8 Å². The monoisotopic (exact) mass is 324 g/mol. The van der Waals surface area contributed by atoms with E-state index in [4.69, 9.17) is 4.74 Å². The van der Waals surface area contributed by atoms with Crippen LogP contribution in [0.3, 0.4) is 0 Å².